The summed E-state index contributed by atoms with van der Waals surface area (Å²) in [6, 6.07) is 0.654. The second-order valence-electron chi connectivity index (χ2n) is 4.33. The molecule has 0 bridgehead atoms. The molecule has 5 nitrogen and oxygen atoms in total. The molecular formula is C11H20N4O. The highest BCUT2D eigenvalue weighted by molar-refractivity contribution is 4.81. The smallest absolute Gasteiger partial charge is 0.227 e. The predicted octanol–water partition coefficient (Wildman–Crippen LogP) is 0.686. The van der Waals surface area contributed by atoms with Crippen LogP contribution in [0.25, 0.3) is 0 Å². The lowest BCUT2D eigenvalue weighted by atomic mass is 10.1. The van der Waals surface area contributed by atoms with Gasteiger partial charge in [0.2, 0.25) is 5.89 Å². The molecule has 1 fully saturated rings. The van der Waals surface area contributed by atoms with Crippen molar-refractivity contribution >= 4 is 0 Å². The maximum Gasteiger partial charge on any atom is 0.227 e. The highest BCUT2D eigenvalue weighted by Gasteiger charge is 2.18. The van der Waals surface area contributed by atoms with Crippen LogP contribution < -0.4 is 5.32 Å². The summed E-state index contributed by atoms with van der Waals surface area (Å²) in [6.07, 6.45) is 4.83. The van der Waals surface area contributed by atoms with E-state index in [-0.39, 0.29) is 0 Å². The molecule has 0 aliphatic carbocycles. The zero-order valence-electron chi connectivity index (χ0n) is 9.85. The van der Waals surface area contributed by atoms with Crippen molar-refractivity contribution in [3.63, 3.8) is 0 Å². The van der Waals surface area contributed by atoms with Crippen LogP contribution in [0.4, 0.5) is 0 Å². The van der Waals surface area contributed by atoms with Crippen molar-refractivity contribution in [2.24, 2.45) is 0 Å². The van der Waals surface area contributed by atoms with Crippen LogP contribution in [0, 0.1) is 0 Å². The van der Waals surface area contributed by atoms with Gasteiger partial charge in [-0.3, -0.25) is 0 Å². The van der Waals surface area contributed by atoms with E-state index in [4.69, 9.17) is 4.52 Å². The average Bonchev–Trinajstić information content (AvgIpc) is 2.80. The molecule has 2 heterocycles. The van der Waals surface area contributed by atoms with Crippen molar-refractivity contribution in [2.75, 3.05) is 26.2 Å². The summed E-state index contributed by atoms with van der Waals surface area (Å²) >= 11 is 0. The summed E-state index contributed by atoms with van der Waals surface area (Å²) in [5.41, 5.74) is 0. The third-order valence-corrected chi connectivity index (χ3v) is 3.03. The molecule has 0 spiro atoms. The Bertz CT molecular complexity index is 286. The molecule has 5 heteroatoms. The van der Waals surface area contributed by atoms with Crippen molar-refractivity contribution in [1.29, 1.82) is 0 Å². The van der Waals surface area contributed by atoms with Crippen LogP contribution >= 0.6 is 0 Å². The van der Waals surface area contributed by atoms with E-state index in [9.17, 15) is 0 Å². The molecule has 0 radical (unpaired) electrons. The molecule has 1 N–H and O–H groups in total. The molecule has 1 unspecified atom stereocenters. The van der Waals surface area contributed by atoms with Gasteiger partial charge in [0.25, 0.3) is 0 Å². The highest BCUT2D eigenvalue weighted by Crippen LogP contribution is 2.06. The van der Waals surface area contributed by atoms with E-state index in [0.717, 1.165) is 38.5 Å². The minimum Gasteiger partial charge on any atom is -0.340 e. The lowest BCUT2D eigenvalue weighted by Gasteiger charge is -2.33. The summed E-state index contributed by atoms with van der Waals surface area (Å²) in [7, 11) is 0. The largest absolute Gasteiger partial charge is 0.340 e. The normalized spacial score (nSPS) is 22.4. The van der Waals surface area contributed by atoms with Crippen molar-refractivity contribution in [1.82, 2.24) is 20.4 Å². The third kappa shape index (κ3) is 3.28. The predicted molar refractivity (Wildman–Crippen MR) is 61.1 cm³/mol. The van der Waals surface area contributed by atoms with Crippen LogP contribution in [0.5, 0.6) is 0 Å². The van der Waals surface area contributed by atoms with Crippen molar-refractivity contribution in [3.05, 3.63) is 12.2 Å². The zero-order valence-corrected chi connectivity index (χ0v) is 9.85. The molecule has 16 heavy (non-hydrogen) atoms. The molecule has 0 saturated carbocycles. The summed E-state index contributed by atoms with van der Waals surface area (Å²) in [5.74, 6) is 0.741. The van der Waals surface area contributed by atoms with E-state index in [0.29, 0.717) is 6.04 Å². The topological polar surface area (TPSA) is 54.2 Å². The number of nitrogens with one attached hydrogen (secondary N) is 1. The SMILES string of the molecule is CCCC1CN(CCc2ncno2)CCN1. The molecule has 0 aromatic carbocycles. The molecule has 1 aromatic rings. The van der Waals surface area contributed by atoms with E-state index >= 15 is 0 Å². The van der Waals surface area contributed by atoms with Gasteiger partial charge in [0.05, 0.1) is 0 Å². The Labute approximate surface area is 96.2 Å². The van der Waals surface area contributed by atoms with Crippen molar-refractivity contribution in [3.8, 4) is 0 Å². The monoisotopic (exact) mass is 224 g/mol. The number of hydrogen-bond donors (Lipinski definition) is 1. The molecule has 90 valence electrons. The molecule has 1 atom stereocenters. The molecule has 1 saturated heterocycles. The van der Waals surface area contributed by atoms with E-state index in [1.807, 2.05) is 0 Å². The van der Waals surface area contributed by atoms with Gasteiger partial charge in [0.1, 0.15) is 0 Å². The molecule has 0 amide bonds. The van der Waals surface area contributed by atoms with Gasteiger partial charge >= 0.3 is 0 Å². The van der Waals surface area contributed by atoms with Crippen LogP contribution in [0.2, 0.25) is 0 Å². The Morgan fingerprint density at radius 3 is 3.31 bits per heavy atom. The quantitative estimate of drug-likeness (QED) is 0.797. The second kappa shape index (κ2) is 5.96. The number of piperazine rings is 1. The summed E-state index contributed by atoms with van der Waals surface area (Å²) in [5, 5.41) is 7.16. The van der Waals surface area contributed by atoms with Gasteiger partial charge in [0.15, 0.2) is 6.33 Å². The van der Waals surface area contributed by atoms with E-state index in [1.165, 1.54) is 19.2 Å². The number of hydrogen-bond acceptors (Lipinski definition) is 5. The third-order valence-electron chi connectivity index (χ3n) is 3.03. The van der Waals surface area contributed by atoms with Gasteiger partial charge in [-0.2, -0.15) is 4.98 Å². The Hall–Kier alpha value is -0.940. The minimum atomic E-state index is 0.654. The Balaban J connectivity index is 1.72. The fourth-order valence-corrected chi connectivity index (χ4v) is 2.20. The summed E-state index contributed by atoms with van der Waals surface area (Å²) in [4.78, 5) is 6.51. The van der Waals surface area contributed by atoms with Gasteiger partial charge in [-0.05, 0) is 6.42 Å². The first-order chi connectivity index (χ1) is 7.88. The first-order valence-electron chi connectivity index (χ1n) is 6.09. The molecule has 1 aromatic heterocycles. The van der Waals surface area contributed by atoms with Gasteiger partial charge in [-0.15, -0.1) is 0 Å². The molecular weight excluding hydrogens is 204 g/mol. The fraction of sp³-hybridized carbons (Fsp3) is 0.818. The summed E-state index contributed by atoms with van der Waals surface area (Å²) < 4.78 is 5.00. The van der Waals surface area contributed by atoms with Crippen LogP contribution in [0.15, 0.2) is 10.9 Å². The van der Waals surface area contributed by atoms with Crippen molar-refractivity contribution in [2.45, 2.75) is 32.2 Å². The number of nitrogens with zero attached hydrogens (tertiary/aromatic N) is 3. The van der Waals surface area contributed by atoms with E-state index < -0.39 is 0 Å². The fourth-order valence-electron chi connectivity index (χ4n) is 2.20. The van der Waals surface area contributed by atoms with Crippen LogP contribution in [0.1, 0.15) is 25.7 Å². The van der Waals surface area contributed by atoms with E-state index in [1.54, 1.807) is 0 Å². The van der Waals surface area contributed by atoms with Gasteiger partial charge < -0.3 is 14.7 Å². The van der Waals surface area contributed by atoms with Gasteiger partial charge in [-0.1, -0.05) is 18.5 Å². The zero-order chi connectivity index (χ0) is 11.2. The Morgan fingerprint density at radius 1 is 1.62 bits per heavy atom. The van der Waals surface area contributed by atoms with Gasteiger partial charge in [0, 0.05) is 38.6 Å². The average molecular weight is 224 g/mol. The second-order valence-corrected chi connectivity index (χ2v) is 4.33. The maximum absolute atomic E-state index is 5.00. The minimum absolute atomic E-state index is 0.654. The first-order valence-corrected chi connectivity index (χ1v) is 6.09. The van der Waals surface area contributed by atoms with Gasteiger partial charge in [-0.25, -0.2) is 0 Å². The van der Waals surface area contributed by atoms with E-state index in [2.05, 4.69) is 27.3 Å². The number of rotatable bonds is 5. The number of aromatic nitrogens is 2. The standard InChI is InChI=1S/C11H20N4O/c1-2-3-10-8-15(7-5-12-10)6-4-11-13-9-14-16-11/h9-10,12H,2-8H2,1H3. The van der Waals surface area contributed by atoms with Crippen LogP contribution in [0.3, 0.4) is 0 Å². The summed E-state index contributed by atoms with van der Waals surface area (Å²) in [6.45, 7) is 6.61. The van der Waals surface area contributed by atoms with Crippen LogP contribution in [-0.2, 0) is 6.42 Å². The lowest BCUT2D eigenvalue weighted by Crippen LogP contribution is -2.50. The molecule has 2 rings (SSSR count). The highest BCUT2D eigenvalue weighted by atomic mass is 16.5. The molecule has 1 aliphatic rings. The van der Waals surface area contributed by atoms with Crippen molar-refractivity contribution < 1.29 is 4.52 Å². The van der Waals surface area contributed by atoms with Crippen LogP contribution in [-0.4, -0.2) is 47.3 Å². The molecule has 1 aliphatic heterocycles. The Kier molecular flexibility index (Phi) is 4.30. The Morgan fingerprint density at radius 2 is 2.56 bits per heavy atom. The maximum atomic E-state index is 5.00. The first kappa shape index (κ1) is 11.5. The lowest BCUT2D eigenvalue weighted by molar-refractivity contribution is 0.190.